The second-order valence-electron chi connectivity index (χ2n) is 6.21. The SMILES string of the molecule is COC(=O)c1cc(CN(C)CC(=O)NCc2ccc(F)c(C)c2)oc1C. The van der Waals surface area contributed by atoms with Crippen molar-refractivity contribution in [1.29, 1.82) is 0 Å². The van der Waals surface area contributed by atoms with E-state index < -0.39 is 5.97 Å². The molecule has 1 N–H and O–H groups in total. The fourth-order valence-electron chi connectivity index (χ4n) is 2.57. The summed E-state index contributed by atoms with van der Waals surface area (Å²) in [7, 11) is 3.09. The Labute approximate surface area is 151 Å². The standard InChI is InChI=1S/C19H23FN2O4/c1-12-7-14(5-6-17(12)20)9-21-18(23)11-22(3)10-15-8-16(13(2)26-15)19(24)25-4/h5-8H,9-11H2,1-4H3,(H,21,23). The summed E-state index contributed by atoms with van der Waals surface area (Å²) in [5.74, 6) is 0.182. The van der Waals surface area contributed by atoms with Gasteiger partial charge in [-0.3, -0.25) is 9.69 Å². The Balaban J connectivity index is 1.85. The van der Waals surface area contributed by atoms with Crippen LogP contribution in [0.25, 0.3) is 0 Å². The second kappa shape index (κ2) is 8.62. The van der Waals surface area contributed by atoms with Crippen molar-refractivity contribution in [2.75, 3.05) is 20.7 Å². The quantitative estimate of drug-likeness (QED) is 0.767. The molecule has 1 amide bonds. The van der Waals surface area contributed by atoms with Crippen molar-refractivity contribution in [3.63, 3.8) is 0 Å². The molecule has 0 bridgehead atoms. The number of nitrogens with one attached hydrogen (secondary N) is 1. The third-order valence-electron chi connectivity index (χ3n) is 3.93. The predicted octanol–water partition coefficient (Wildman–Crippen LogP) is 2.57. The van der Waals surface area contributed by atoms with Gasteiger partial charge in [-0.05, 0) is 44.2 Å². The molecule has 0 saturated carbocycles. The number of nitrogens with zero attached hydrogens (tertiary/aromatic N) is 1. The lowest BCUT2D eigenvalue weighted by Gasteiger charge is -2.15. The molecule has 0 unspecified atom stereocenters. The number of likely N-dealkylation sites (N-methyl/N-ethyl adjacent to an activating group) is 1. The largest absolute Gasteiger partial charge is 0.465 e. The van der Waals surface area contributed by atoms with E-state index in [1.807, 2.05) is 0 Å². The maximum absolute atomic E-state index is 13.2. The zero-order chi connectivity index (χ0) is 19.3. The fraction of sp³-hybridized carbons (Fsp3) is 0.368. The molecule has 140 valence electrons. The number of amides is 1. The first-order chi connectivity index (χ1) is 12.3. The molecule has 1 aromatic carbocycles. The number of furan rings is 1. The van der Waals surface area contributed by atoms with Gasteiger partial charge in [0.25, 0.3) is 0 Å². The number of methoxy groups -OCH3 is 1. The molecule has 26 heavy (non-hydrogen) atoms. The van der Waals surface area contributed by atoms with Crippen LogP contribution < -0.4 is 5.32 Å². The zero-order valence-electron chi connectivity index (χ0n) is 15.4. The van der Waals surface area contributed by atoms with Gasteiger partial charge in [0.15, 0.2) is 0 Å². The van der Waals surface area contributed by atoms with Crippen molar-refractivity contribution in [3.8, 4) is 0 Å². The van der Waals surface area contributed by atoms with Crippen LogP contribution in [-0.4, -0.2) is 37.5 Å². The molecule has 2 aromatic rings. The first-order valence-corrected chi connectivity index (χ1v) is 8.18. The number of carbonyl (C=O) groups is 2. The van der Waals surface area contributed by atoms with Gasteiger partial charge in [0, 0.05) is 6.54 Å². The number of esters is 1. The van der Waals surface area contributed by atoms with Crippen molar-refractivity contribution >= 4 is 11.9 Å². The first-order valence-electron chi connectivity index (χ1n) is 8.18. The van der Waals surface area contributed by atoms with Gasteiger partial charge < -0.3 is 14.5 Å². The monoisotopic (exact) mass is 362 g/mol. The van der Waals surface area contributed by atoms with Crippen molar-refractivity contribution in [2.24, 2.45) is 0 Å². The minimum Gasteiger partial charge on any atom is -0.465 e. The average Bonchev–Trinajstić information content (AvgIpc) is 2.95. The van der Waals surface area contributed by atoms with Crippen molar-refractivity contribution in [3.05, 3.63) is 58.3 Å². The molecule has 0 atom stereocenters. The van der Waals surface area contributed by atoms with Crippen molar-refractivity contribution < 1.29 is 23.1 Å². The number of rotatable bonds is 7. The molecular formula is C19H23FN2O4. The highest BCUT2D eigenvalue weighted by molar-refractivity contribution is 5.90. The predicted molar refractivity (Wildman–Crippen MR) is 94.1 cm³/mol. The molecule has 0 saturated heterocycles. The third kappa shape index (κ3) is 5.16. The molecule has 0 aliphatic rings. The molecule has 0 aliphatic heterocycles. The molecule has 0 spiro atoms. The van der Waals surface area contributed by atoms with E-state index in [2.05, 4.69) is 10.1 Å². The summed E-state index contributed by atoms with van der Waals surface area (Å²) in [4.78, 5) is 25.4. The molecular weight excluding hydrogens is 339 g/mol. The van der Waals surface area contributed by atoms with Crippen LogP contribution in [0.5, 0.6) is 0 Å². The number of halogens is 1. The minimum absolute atomic E-state index is 0.160. The summed E-state index contributed by atoms with van der Waals surface area (Å²) in [5.41, 5.74) is 1.76. The Morgan fingerprint density at radius 2 is 2.00 bits per heavy atom. The maximum atomic E-state index is 13.2. The van der Waals surface area contributed by atoms with Crippen LogP contribution in [0.3, 0.4) is 0 Å². The number of ether oxygens (including phenoxy) is 1. The number of benzene rings is 1. The van der Waals surface area contributed by atoms with E-state index in [1.54, 1.807) is 44.0 Å². The number of aryl methyl sites for hydroxylation is 2. The number of carbonyl (C=O) groups excluding carboxylic acids is 2. The normalized spacial score (nSPS) is 10.8. The minimum atomic E-state index is -0.451. The maximum Gasteiger partial charge on any atom is 0.341 e. The van der Waals surface area contributed by atoms with E-state index in [1.165, 1.54) is 13.2 Å². The molecule has 0 fully saturated rings. The van der Waals surface area contributed by atoms with Crippen molar-refractivity contribution in [2.45, 2.75) is 26.9 Å². The van der Waals surface area contributed by atoms with Gasteiger partial charge in [0.1, 0.15) is 22.9 Å². The smallest absolute Gasteiger partial charge is 0.341 e. The van der Waals surface area contributed by atoms with Crippen LogP contribution in [0.2, 0.25) is 0 Å². The third-order valence-corrected chi connectivity index (χ3v) is 3.93. The number of hydrogen-bond acceptors (Lipinski definition) is 5. The Morgan fingerprint density at radius 1 is 1.27 bits per heavy atom. The molecule has 1 aromatic heterocycles. The van der Waals surface area contributed by atoms with Gasteiger partial charge in [0.2, 0.25) is 5.91 Å². The van der Waals surface area contributed by atoms with E-state index in [0.29, 0.717) is 35.7 Å². The first kappa shape index (κ1) is 19.7. The molecule has 2 rings (SSSR count). The molecule has 1 heterocycles. The Hall–Kier alpha value is -2.67. The van der Waals surface area contributed by atoms with Gasteiger partial charge >= 0.3 is 5.97 Å². The Kier molecular flexibility index (Phi) is 6.52. The average molecular weight is 362 g/mol. The lowest BCUT2D eigenvalue weighted by atomic mass is 10.1. The fourth-order valence-corrected chi connectivity index (χ4v) is 2.57. The van der Waals surface area contributed by atoms with Crippen LogP contribution in [-0.2, 0) is 22.6 Å². The summed E-state index contributed by atoms with van der Waals surface area (Å²) in [6.45, 7) is 4.24. The molecule has 0 aliphatic carbocycles. The van der Waals surface area contributed by atoms with E-state index in [4.69, 9.17) is 4.42 Å². The Bertz CT molecular complexity index is 801. The van der Waals surface area contributed by atoms with Gasteiger partial charge in [0.05, 0.1) is 20.2 Å². The highest BCUT2D eigenvalue weighted by Crippen LogP contribution is 2.17. The summed E-state index contributed by atoms with van der Waals surface area (Å²) in [6, 6.07) is 6.36. The van der Waals surface area contributed by atoms with Crippen molar-refractivity contribution in [1.82, 2.24) is 10.2 Å². The van der Waals surface area contributed by atoms with Crippen LogP contribution >= 0.6 is 0 Å². The number of hydrogen-bond donors (Lipinski definition) is 1. The summed E-state index contributed by atoms with van der Waals surface area (Å²) < 4.78 is 23.5. The molecule has 7 heteroatoms. The topological polar surface area (TPSA) is 71.8 Å². The zero-order valence-corrected chi connectivity index (χ0v) is 15.4. The summed E-state index contributed by atoms with van der Waals surface area (Å²) in [5, 5.41) is 2.80. The van der Waals surface area contributed by atoms with Gasteiger partial charge in [-0.1, -0.05) is 12.1 Å². The van der Waals surface area contributed by atoms with Crippen LogP contribution in [0.15, 0.2) is 28.7 Å². The lowest BCUT2D eigenvalue weighted by Crippen LogP contribution is -2.34. The highest BCUT2D eigenvalue weighted by Gasteiger charge is 2.17. The van der Waals surface area contributed by atoms with E-state index in [9.17, 15) is 14.0 Å². The van der Waals surface area contributed by atoms with Gasteiger partial charge in [-0.2, -0.15) is 0 Å². The van der Waals surface area contributed by atoms with E-state index in [-0.39, 0.29) is 18.3 Å². The molecule has 0 radical (unpaired) electrons. The van der Waals surface area contributed by atoms with Crippen LogP contribution in [0.4, 0.5) is 4.39 Å². The Morgan fingerprint density at radius 3 is 2.65 bits per heavy atom. The van der Waals surface area contributed by atoms with Crippen LogP contribution in [0, 0.1) is 19.7 Å². The van der Waals surface area contributed by atoms with Gasteiger partial charge in [-0.25, -0.2) is 9.18 Å². The van der Waals surface area contributed by atoms with E-state index in [0.717, 1.165) is 5.56 Å². The van der Waals surface area contributed by atoms with E-state index >= 15 is 0 Å². The summed E-state index contributed by atoms with van der Waals surface area (Å²) in [6.07, 6.45) is 0. The lowest BCUT2D eigenvalue weighted by molar-refractivity contribution is -0.122. The summed E-state index contributed by atoms with van der Waals surface area (Å²) >= 11 is 0. The highest BCUT2D eigenvalue weighted by atomic mass is 19.1. The molecule has 6 nitrogen and oxygen atoms in total. The second-order valence-corrected chi connectivity index (χ2v) is 6.21. The van der Waals surface area contributed by atoms with Crippen LogP contribution in [0.1, 0.15) is 33.0 Å². The van der Waals surface area contributed by atoms with Gasteiger partial charge in [-0.15, -0.1) is 0 Å².